The Bertz CT molecular complexity index is 373. The molecule has 0 aromatic carbocycles. The van der Waals surface area contributed by atoms with Crippen LogP contribution in [0.2, 0.25) is 0 Å². The Morgan fingerprint density at radius 3 is 3.33 bits per heavy atom. The Morgan fingerprint density at radius 2 is 2.60 bits per heavy atom. The normalized spacial score (nSPS) is 19.7. The summed E-state index contributed by atoms with van der Waals surface area (Å²) in [6, 6.07) is 0.337. The molecule has 0 amide bonds. The smallest absolute Gasteiger partial charge is 0.358 e. The van der Waals surface area contributed by atoms with Crippen molar-refractivity contribution < 1.29 is 9.53 Å². The van der Waals surface area contributed by atoms with Gasteiger partial charge in [-0.05, 0) is 13.8 Å². The highest BCUT2D eigenvalue weighted by Gasteiger charge is 2.23. The second kappa shape index (κ2) is 4.02. The van der Waals surface area contributed by atoms with Crippen molar-refractivity contribution >= 4 is 5.97 Å². The van der Waals surface area contributed by atoms with E-state index in [9.17, 15) is 4.79 Å². The number of nitrogens with zero attached hydrogens (tertiary/aromatic N) is 2. The first-order chi connectivity index (χ1) is 7.24. The van der Waals surface area contributed by atoms with E-state index in [-0.39, 0.29) is 5.97 Å². The molecule has 1 aliphatic rings. The van der Waals surface area contributed by atoms with Gasteiger partial charge in [-0.1, -0.05) is 0 Å². The molecule has 2 heterocycles. The maximum atomic E-state index is 11.6. The van der Waals surface area contributed by atoms with E-state index in [4.69, 9.17) is 4.74 Å². The maximum absolute atomic E-state index is 11.6. The summed E-state index contributed by atoms with van der Waals surface area (Å²) in [7, 11) is 0. The van der Waals surface area contributed by atoms with E-state index in [0.29, 0.717) is 24.9 Å². The summed E-state index contributed by atoms with van der Waals surface area (Å²) in [5, 5.41) is 3.25. The zero-order valence-electron chi connectivity index (χ0n) is 8.99. The van der Waals surface area contributed by atoms with E-state index in [0.717, 1.165) is 12.2 Å². The van der Waals surface area contributed by atoms with E-state index in [1.807, 2.05) is 4.57 Å². The maximum Gasteiger partial charge on any atom is 0.358 e. The van der Waals surface area contributed by atoms with Crippen molar-refractivity contribution in [3.8, 4) is 0 Å². The monoisotopic (exact) mass is 209 g/mol. The van der Waals surface area contributed by atoms with Gasteiger partial charge in [-0.2, -0.15) is 0 Å². The number of carbonyl (C=O) groups is 1. The third-order valence-electron chi connectivity index (χ3n) is 2.57. The molecule has 0 saturated heterocycles. The summed E-state index contributed by atoms with van der Waals surface area (Å²) in [6.45, 7) is 5.85. The zero-order valence-corrected chi connectivity index (χ0v) is 8.99. The van der Waals surface area contributed by atoms with Gasteiger partial charge >= 0.3 is 5.97 Å². The van der Waals surface area contributed by atoms with Crippen LogP contribution in [0.4, 0.5) is 0 Å². The molecule has 0 saturated carbocycles. The molecule has 15 heavy (non-hydrogen) atoms. The van der Waals surface area contributed by atoms with Crippen LogP contribution in [0, 0.1) is 0 Å². The number of hydrogen-bond donors (Lipinski definition) is 1. The number of aromatic nitrogens is 2. The number of ether oxygens (including phenoxy) is 1. The third-order valence-corrected chi connectivity index (χ3v) is 2.57. The number of rotatable bonds is 2. The minimum absolute atomic E-state index is 0.331. The predicted octanol–water partition coefficient (Wildman–Crippen LogP) is 0.724. The van der Waals surface area contributed by atoms with Crippen molar-refractivity contribution in [2.75, 3.05) is 13.2 Å². The van der Waals surface area contributed by atoms with Gasteiger partial charge in [-0.15, -0.1) is 0 Å². The Labute approximate surface area is 88.4 Å². The average Bonchev–Trinajstić information content (AvgIpc) is 2.63. The number of nitrogens with one attached hydrogen (secondary N) is 1. The molecule has 0 fully saturated rings. The van der Waals surface area contributed by atoms with Gasteiger partial charge in [0.05, 0.1) is 18.6 Å². The summed E-state index contributed by atoms with van der Waals surface area (Å²) in [5.41, 5.74) is 1.36. The van der Waals surface area contributed by atoms with Crippen LogP contribution in [-0.4, -0.2) is 28.7 Å². The summed E-state index contributed by atoms with van der Waals surface area (Å²) in [4.78, 5) is 15.7. The highest BCUT2D eigenvalue weighted by molar-refractivity contribution is 5.88. The largest absolute Gasteiger partial charge is 0.461 e. The molecule has 82 valence electrons. The van der Waals surface area contributed by atoms with E-state index in [1.165, 1.54) is 0 Å². The fourth-order valence-electron chi connectivity index (χ4n) is 1.81. The highest BCUT2D eigenvalue weighted by atomic mass is 16.5. The van der Waals surface area contributed by atoms with Gasteiger partial charge in [0.25, 0.3) is 0 Å². The molecule has 2 rings (SSSR count). The minimum atomic E-state index is -0.331. The van der Waals surface area contributed by atoms with Crippen LogP contribution < -0.4 is 5.32 Å². The molecule has 0 spiro atoms. The van der Waals surface area contributed by atoms with Crippen molar-refractivity contribution in [3.63, 3.8) is 0 Å². The van der Waals surface area contributed by atoms with Gasteiger partial charge in [0.1, 0.15) is 0 Å². The van der Waals surface area contributed by atoms with Crippen molar-refractivity contribution in [1.29, 1.82) is 0 Å². The van der Waals surface area contributed by atoms with Crippen LogP contribution >= 0.6 is 0 Å². The standard InChI is InChI=1S/C10H15N3O2/c1-3-15-10(14)9-8-5-11-4-7(2)13(8)6-12-9/h6-7,11H,3-5H2,1-2H3/t7-/m1/s1. The minimum Gasteiger partial charge on any atom is -0.461 e. The van der Waals surface area contributed by atoms with Gasteiger partial charge in [0.2, 0.25) is 0 Å². The van der Waals surface area contributed by atoms with Crippen LogP contribution in [0.1, 0.15) is 36.1 Å². The molecular weight excluding hydrogens is 194 g/mol. The Kier molecular flexibility index (Phi) is 2.73. The van der Waals surface area contributed by atoms with E-state index in [1.54, 1.807) is 13.3 Å². The number of imidazole rings is 1. The zero-order chi connectivity index (χ0) is 10.8. The first-order valence-corrected chi connectivity index (χ1v) is 5.17. The lowest BCUT2D eigenvalue weighted by Crippen LogP contribution is -2.31. The molecule has 0 bridgehead atoms. The van der Waals surface area contributed by atoms with Crippen molar-refractivity contribution in [1.82, 2.24) is 14.9 Å². The Hall–Kier alpha value is -1.36. The van der Waals surface area contributed by atoms with Gasteiger partial charge in [0.15, 0.2) is 5.69 Å². The molecule has 1 aliphatic heterocycles. The number of fused-ring (bicyclic) bond motifs is 1. The molecule has 0 radical (unpaired) electrons. The molecule has 5 nitrogen and oxygen atoms in total. The van der Waals surface area contributed by atoms with Gasteiger partial charge in [-0.3, -0.25) is 0 Å². The second-order valence-corrected chi connectivity index (χ2v) is 3.65. The van der Waals surface area contributed by atoms with Gasteiger partial charge in [-0.25, -0.2) is 9.78 Å². The first-order valence-electron chi connectivity index (χ1n) is 5.17. The molecule has 1 aromatic rings. The predicted molar refractivity (Wildman–Crippen MR) is 54.6 cm³/mol. The van der Waals surface area contributed by atoms with Gasteiger partial charge in [0, 0.05) is 19.1 Å². The average molecular weight is 209 g/mol. The van der Waals surface area contributed by atoms with Crippen LogP contribution in [0.15, 0.2) is 6.33 Å². The van der Waals surface area contributed by atoms with Gasteiger partial charge < -0.3 is 14.6 Å². The fraction of sp³-hybridized carbons (Fsp3) is 0.600. The summed E-state index contributed by atoms with van der Waals surface area (Å²) in [5.74, 6) is -0.331. The van der Waals surface area contributed by atoms with Crippen molar-refractivity contribution in [3.05, 3.63) is 17.7 Å². The Balaban J connectivity index is 2.30. The Morgan fingerprint density at radius 1 is 1.80 bits per heavy atom. The van der Waals surface area contributed by atoms with E-state index < -0.39 is 0 Å². The third kappa shape index (κ3) is 1.74. The SMILES string of the molecule is CCOC(=O)c1ncn2c1CNC[C@H]2C. The molecule has 1 N–H and O–H groups in total. The molecular formula is C10H15N3O2. The summed E-state index contributed by atoms with van der Waals surface area (Å²) < 4.78 is 6.98. The lowest BCUT2D eigenvalue weighted by Gasteiger charge is -2.23. The van der Waals surface area contributed by atoms with Crippen LogP contribution in [0.3, 0.4) is 0 Å². The fourth-order valence-corrected chi connectivity index (χ4v) is 1.81. The lowest BCUT2D eigenvalue weighted by atomic mass is 10.2. The van der Waals surface area contributed by atoms with E-state index >= 15 is 0 Å². The van der Waals surface area contributed by atoms with Crippen molar-refractivity contribution in [2.24, 2.45) is 0 Å². The number of esters is 1. The van der Waals surface area contributed by atoms with Crippen molar-refractivity contribution in [2.45, 2.75) is 26.4 Å². The lowest BCUT2D eigenvalue weighted by molar-refractivity contribution is 0.0518. The summed E-state index contributed by atoms with van der Waals surface area (Å²) >= 11 is 0. The molecule has 5 heteroatoms. The molecule has 0 aliphatic carbocycles. The number of hydrogen-bond acceptors (Lipinski definition) is 4. The van der Waals surface area contributed by atoms with Crippen LogP contribution in [0.5, 0.6) is 0 Å². The number of carbonyl (C=O) groups excluding carboxylic acids is 1. The quantitative estimate of drug-likeness (QED) is 0.729. The van der Waals surface area contributed by atoms with E-state index in [2.05, 4.69) is 17.2 Å². The summed E-state index contributed by atoms with van der Waals surface area (Å²) in [6.07, 6.45) is 1.72. The van der Waals surface area contributed by atoms with Crippen LogP contribution in [-0.2, 0) is 11.3 Å². The molecule has 1 atom stereocenters. The highest BCUT2D eigenvalue weighted by Crippen LogP contribution is 2.18. The molecule has 0 unspecified atom stereocenters. The first kappa shape index (κ1) is 10.2. The second-order valence-electron chi connectivity index (χ2n) is 3.65. The van der Waals surface area contributed by atoms with Crippen LogP contribution in [0.25, 0.3) is 0 Å². The molecule has 1 aromatic heterocycles. The topological polar surface area (TPSA) is 56.1 Å².